The average Bonchev–Trinajstić information content (AvgIpc) is 2.70. The van der Waals surface area contributed by atoms with Gasteiger partial charge in [-0.15, -0.1) is 0 Å². The molecule has 1 aliphatic rings. The molecule has 1 rings (SSSR count). The van der Waals surface area contributed by atoms with Crippen LogP contribution in [0.1, 0.15) is 19.8 Å². The standard InChI is InChI=1S/C10H21N3S/c1-3-11-10(12-6-9-14-2)13-7-4-5-8-13/h3-9H2,1-2H3,(H,11,12). The predicted octanol–water partition coefficient (Wildman–Crippen LogP) is 1.41. The summed E-state index contributed by atoms with van der Waals surface area (Å²) in [5, 5.41) is 3.35. The third kappa shape index (κ3) is 3.78. The lowest BCUT2D eigenvalue weighted by atomic mass is 10.4. The zero-order chi connectivity index (χ0) is 10.2. The zero-order valence-corrected chi connectivity index (χ0v) is 10.1. The Morgan fingerprint density at radius 3 is 2.71 bits per heavy atom. The third-order valence-corrected chi connectivity index (χ3v) is 2.89. The molecule has 0 bridgehead atoms. The maximum atomic E-state index is 4.60. The lowest BCUT2D eigenvalue weighted by Crippen LogP contribution is -2.39. The van der Waals surface area contributed by atoms with Crippen molar-refractivity contribution in [3.63, 3.8) is 0 Å². The van der Waals surface area contributed by atoms with Crippen LogP contribution in [-0.2, 0) is 0 Å². The van der Waals surface area contributed by atoms with E-state index in [2.05, 4.69) is 28.4 Å². The van der Waals surface area contributed by atoms with Crippen molar-refractivity contribution in [2.45, 2.75) is 19.8 Å². The molecule has 0 amide bonds. The molecule has 0 radical (unpaired) electrons. The monoisotopic (exact) mass is 215 g/mol. The van der Waals surface area contributed by atoms with E-state index in [4.69, 9.17) is 0 Å². The molecule has 1 fully saturated rings. The highest BCUT2D eigenvalue weighted by molar-refractivity contribution is 7.98. The number of rotatable bonds is 4. The highest BCUT2D eigenvalue weighted by Crippen LogP contribution is 2.07. The number of nitrogens with zero attached hydrogens (tertiary/aromatic N) is 2. The number of thioether (sulfide) groups is 1. The van der Waals surface area contributed by atoms with Crippen LogP contribution in [0.2, 0.25) is 0 Å². The third-order valence-electron chi connectivity index (χ3n) is 2.30. The largest absolute Gasteiger partial charge is 0.357 e. The number of hydrogen-bond donors (Lipinski definition) is 1. The molecule has 3 nitrogen and oxygen atoms in total. The van der Waals surface area contributed by atoms with Gasteiger partial charge in [-0.2, -0.15) is 11.8 Å². The first kappa shape index (κ1) is 11.7. The Morgan fingerprint density at radius 2 is 2.14 bits per heavy atom. The number of aliphatic imine (C=N–C) groups is 1. The van der Waals surface area contributed by atoms with Gasteiger partial charge in [0.05, 0.1) is 6.54 Å². The normalized spacial score (nSPS) is 17.6. The first-order chi connectivity index (χ1) is 6.88. The molecule has 82 valence electrons. The van der Waals surface area contributed by atoms with Crippen molar-refractivity contribution in [1.29, 1.82) is 0 Å². The van der Waals surface area contributed by atoms with Crippen LogP contribution in [-0.4, -0.2) is 49.0 Å². The van der Waals surface area contributed by atoms with E-state index in [1.807, 2.05) is 11.8 Å². The van der Waals surface area contributed by atoms with E-state index in [0.717, 1.165) is 24.8 Å². The fraction of sp³-hybridized carbons (Fsp3) is 0.900. The van der Waals surface area contributed by atoms with Gasteiger partial charge in [0.25, 0.3) is 0 Å². The van der Waals surface area contributed by atoms with Gasteiger partial charge in [0.15, 0.2) is 5.96 Å². The SMILES string of the molecule is CCNC(=NCCSC)N1CCCC1. The lowest BCUT2D eigenvalue weighted by molar-refractivity contribution is 0.494. The molecule has 1 aliphatic heterocycles. The van der Waals surface area contributed by atoms with Crippen molar-refractivity contribution in [2.75, 3.05) is 38.2 Å². The van der Waals surface area contributed by atoms with Crippen LogP contribution < -0.4 is 5.32 Å². The first-order valence-electron chi connectivity index (χ1n) is 5.40. The van der Waals surface area contributed by atoms with E-state index < -0.39 is 0 Å². The Kier molecular flexibility index (Phi) is 5.83. The highest BCUT2D eigenvalue weighted by Gasteiger charge is 2.14. The van der Waals surface area contributed by atoms with Gasteiger partial charge in [0.2, 0.25) is 0 Å². The summed E-state index contributed by atoms with van der Waals surface area (Å²) in [4.78, 5) is 6.96. The second-order valence-corrected chi connectivity index (χ2v) is 4.41. The number of likely N-dealkylation sites (tertiary alicyclic amines) is 1. The minimum atomic E-state index is 0.931. The Bertz CT molecular complexity index is 176. The van der Waals surface area contributed by atoms with Crippen LogP contribution in [0.5, 0.6) is 0 Å². The summed E-state index contributed by atoms with van der Waals surface area (Å²) in [7, 11) is 0. The molecule has 0 atom stereocenters. The molecule has 1 N–H and O–H groups in total. The molecular formula is C10H21N3S. The number of guanidine groups is 1. The molecule has 0 saturated carbocycles. The predicted molar refractivity (Wildman–Crippen MR) is 65.2 cm³/mol. The van der Waals surface area contributed by atoms with E-state index in [1.165, 1.54) is 25.9 Å². The summed E-state index contributed by atoms with van der Waals surface area (Å²) in [6.45, 7) is 6.37. The molecule has 0 aliphatic carbocycles. The van der Waals surface area contributed by atoms with Gasteiger partial charge >= 0.3 is 0 Å². The Labute approximate surface area is 91.3 Å². The van der Waals surface area contributed by atoms with Gasteiger partial charge in [-0.3, -0.25) is 4.99 Å². The van der Waals surface area contributed by atoms with Crippen molar-refractivity contribution in [3.05, 3.63) is 0 Å². The Balaban J connectivity index is 2.39. The zero-order valence-electron chi connectivity index (χ0n) is 9.25. The minimum absolute atomic E-state index is 0.931. The van der Waals surface area contributed by atoms with E-state index in [-0.39, 0.29) is 0 Å². The summed E-state index contributed by atoms with van der Waals surface area (Å²) in [6.07, 6.45) is 4.75. The van der Waals surface area contributed by atoms with Gasteiger partial charge in [-0.1, -0.05) is 0 Å². The fourth-order valence-electron chi connectivity index (χ4n) is 1.60. The quantitative estimate of drug-likeness (QED) is 0.436. The van der Waals surface area contributed by atoms with Crippen LogP contribution >= 0.6 is 11.8 Å². The summed E-state index contributed by atoms with van der Waals surface area (Å²) in [6, 6.07) is 0. The van der Waals surface area contributed by atoms with Gasteiger partial charge in [-0.25, -0.2) is 0 Å². The summed E-state index contributed by atoms with van der Waals surface area (Å²) < 4.78 is 0. The second-order valence-electron chi connectivity index (χ2n) is 3.42. The van der Waals surface area contributed by atoms with Gasteiger partial charge in [-0.05, 0) is 26.0 Å². The van der Waals surface area contributed by atoms with Crippen LogP contribution in [0, 0.1) is 0 Å². The Hall–Kier alpha value is -0.380. The molecular weight excluding hydrogens is 194 g/mol. The smallest absolute Gasteiger partial charge is 0.193 e. The minimum Gasteiger partial charge on any atom is -0.357 e. The molecule has 0 aromatic heterocycles. The van der Waals surface area contributed by atoms with Crippen molar-refractivity contribution in [3.8, 4) is 0 Å². The molecule has 4 heteroatoms. The van der Waals surface area contributed by atoms with E-state index >= 15 is 0 Å². The summed E-state index contributed by atoms with van der Waals surface area (Å²) in [5.74, 6) is 2.22. The fourth-order valence-corrected chi connectivity index (χ4v) is 1.87. The second kappa shape index (κ2) is 6.98. The molecule has 1 heterocycles. The molecule has 0 aromatic carbocycles. The summed E-state index contributed by atoms with van der Waals surface area (Å²) >= 11 is 1.85. The van der Waals surface area contributed by atoms with Crippen LogP contribution in [0.4, 0.5) is 0 Å². The maximum absolute atomic E-state index is 4.60. The molecule has 0 unspecified atom stereocenters. The number of hydrogen-bond acceptors (Lipinski definition) is 2. The van der Waals surface area contributed by atoms with Crippen molar-refractivity contribution in [1.82, 2.24) is 10.2 Å². The van der Waals surface area contributed by atoms with Crippen LogP contribution in [0.25, 0.3) is 0 Å². The van der Waals surface area contributed by atoms with Crippen molar-refractivity contribution < 1.29 is 0 Å². The topological polar surface area (TPSA) is 27.6 Å². The van der Waals surface area contributed by atoms with Crippen molar-refractivity contribution >= 4 is 17.7 Å². The first-order valence-corrected chi connectivity index (χ1v) is 6.80. The maximum Gasteiger partial charge on any atom is 0.193 e. The van der Waals surface area contributed by atoms with Crippen LogP contribution in [0.15, 0.2) is 4.99 Å². The van der Waals surface area contributed by atoms with Gasteiger partial charge in [0, 0.05) is 25.4 Å². The summed E-state index contributed by atoms with van der Waals surface area (Å²) in [5.41, 5.74) is 0. The molecule has 14 heavy (non-hydrogen) atoms. The van der Waals surface area contributed by atoms with E-state index in [0.29, 0.717) is 0 Å². The average molecular weight is 215 g/mol. The molecule has 0 spiro atoms. The lowest BCUT2D eigenvalue weighted by Gasteiger charge is -2.20. The highest BCUT2D eigenvalue weighted by atomic mass is 32.2. The van der Waals surface area contributed by atoms with Gasteiger partial charge < -0.3 is 10.2 Å². The van der Waals surface area contributed by atoms with Crippen LogP contribution in [0.3, 0.4) is 0 Å². The number of nitrogens with one attached hydrogen (secondary N) is 1. The van der Waals surface area contributed by atoms with Crippen molar-refractivity contribution in [2.24, 2.45) is 4.99 Å². The Morgan fingerprint density at radius 1 is 1.43 bits per heavy atom. The van der Waals surface area contributed by atoms with E-state index in [1.54, 1.807) is 0 Å². The van der Waals surface area contributed by atoms with E-state index in [9.17, 15) is 0 Å². The molecule has 1 saturated heterocycles. The van der Waals surface area contributed by atoms with Gasteiger partial charge in [0.1, 0.15) is 0 Å². The molecule has 0 aromatic rings.